The van der Waals surface area contributed by atoms with Crippen LogP contribution in [0.1, 0.15) is 10.4 Å². The summed E-state index contributed by atoms with van der Waals surface area (Å²) in [5.41, 5.74) is 1.54. The molecule has 3 N–H and O–H groups in total. The third kappa shape index (κ3) is 4.66. The van der Waals surface area contributed by atoms with Crippen LogP contribution < -0.4 is 14.3 Å². The standard InChI is InChI=1S/C23H22ClN5O4S2/c24-16-7-8-17(23(31)28-12-10-27(11-13-28)19-4-1-2-5-21(19)30)18(14-16)26-35(32,33)22-6-3-9-29-20(22)15-25-34-29/h1-9,14-15,25-26,30H,10-13H2. The first-order valence-corrected chi connectivity index (χ1v) is 13.4. The Labute approximate surface area is 212 Å². The summed E-state index contributed by atoms with van der Waals surface area (Å²) in [4.78, 5) is 17.2. The molecule has 0 atom stereocenters. The van der Waals surface area contributed by atoms with Gasteiger partial charge in [-0.25, -0.2) is 8.42 Å². The van der Waals surface area contributed by atoms with E-state index in [2.05, 4.69) is 9.44 Å². The van der Waals surface area contributed by atoms with Crippen molar-refractivity contribution in [3.63, 3.8) is 0 Å². The highest BCUT2D eigenvalue weighted by Gasteiger charge is 2.31. The molecule has 3 aliphatic rings. The number of carbonyl (C=O) groups excluding carboxylic acids is 1. The summed E-state index contributed by atoms with van der Waals surface area (Å²) in [5.74, 6) is -0.106. The third-order valence-corrected chi connectivity index (χ3v) is 8.23. The molecule has 0 aromatic heterocycles. The monoisotopic (exact) mass is 531 g/mol. The minimum absolute atomic E-state index is 0.0761. The first-order chi connectivity index (χ1) is 16.8. The van der Waals surface area contributed by atoms with Gasteiger partial charge in [0.1, 0.15) is 10.7 Å². The maximum Gasteiger partial charge on any atom is 0.264 e. The molecule has 0 aliphatic carbocycles. The highest BCUT2D eigenvalue weighted by Crippen LogP contribution is 2.35. The van der Waals surface area contributed by atoms with Gasteiger partial charge in [-0.05, 0) is 42.5 Å². The van der Waals surface area contributed by atoms with Crippen molar-refractivity contribution in [2.24, 2.45) is 0 Å². The van der Waals surface area contributed by atoms with E-state index in [0.29, 0.717) is 36.9 Å². The third-order valence-electron chi connectivity index (χ3n) is 5.84. The molecule has 35 heavy (non-hydrogen) atoms. The number of benzene rings is 2. The average molecular weight is 532 g/mol. The van der Waals surface area contributed by atoms with E-state index in [-0.39, 0.29) is 27.8 Å². The number of nitrogens with zero attached hydrogens (tertiary/aromatic N) is 3. The number of carbonyl (C=O) groups is 1. The van der Waals surface area contributed by atoms with Crippen LogP contribution in [0, 0.1) is 0 Å². The molecular formula is C23H22ClN5O4S2. The fraction of sp³-hybridized carbons (Fsp3) is 0.174. The molecule has 0 bridgehead atoms. The van der Waals surface area contributed by atoms with E-state index < -0.39 is 10.0 Å². The van der Waals surface area contributed by atoms with E-state index in [1.165, 1.54) is 30.3 Å². The predicted molar refractivity (Wildman–Crippen MR) is 138 cm³/mol. The smallest absolute Gasteiger partial charge is 0.264 e. The molecule has 3 heterocycles. The normalized spacial score (nSPS) is 17.5. The largest absolute Gasteiger partial charge is 0.506 e. The number of nitrogens with one attached hydrogen (secondary N) is 2. The van der Waals surface area contributed by atoms with Crippen molar-refractivity contribution in [2.45, 2.75) is 0 Å². The maximum absolute atomic E-state index is 13.4. The predicted octanol–water partition coefficient (Wildman–Crippen LogP) is 3.47. The van der Waals surface area contributed by atoms with Gasteiger partial charge < -0.3 is 19.6 Å². The van der Waals surface area contributed by atoms with Gasteiger partial charge in [-0.3, -0.25) is 13.8 Å². The summed E-state index contributed by atoms with van der Waals surface area (Å²) < 4.78 is 33.7. The van der Waals surface area contributed by atoms with Gasteiger partial charge in [0.25, 0.3) is 15.9 Å². The van der Waals surface area contributed by atoms with Crippen molar-refractivity contribution in [1.29, 1.82) is 0 Å². The van der Waals surface area contributed by atoms with Crippen LogP contribution in [0.25, 0.3) is 0 Å². The number of rotatable bonds is 5. The first kappa shape index (κ1) is 23.5. The fourth-order valence-corrected chi connectivity index (χ4v) is 6.25. The minimum atomic E-state index is -4.01. The number of phenolic OH excluding ortho intramolecular Hbond substituents is 1. The van der Waals surface area contributed by atoms with Crippen LogP contribution >= 0.6 is 23.7 Å². The van der Waals surface area contributed by atoms with E-state index in [4.69, 9.17) is 11.6 Å². The van der Waals surface area contributed by atoms with Gasteiger partial charge in [-0.2, -0.15) is 0 Å². The zero-order valence-corrected chi connectivity index (χ0v) is 20.8. The molecule has 0 unspecified atom stereocenters. The summed E-state index contributed by atoms with van der Waals surface area (Å²) >= 11 is 7.41. The molecule has 12 heteroatoms. The van der Waals surface area contributed by atoms with Gasteiger partial charge in [0.15, 0.2) is 0 Å². The lowest BCUT2D eigenvalue weighted by molar-refractivity contribution is 0.0748. The molecule has 1 fully saturated rings. The van der Waals surface area contributed by atoms with Crippen molar-refractivity contribution >= 4 is 51.0 Å². The summed E-state index contributed by atoms with van der Waals surface area (Å²) in [6.07, 6.45) is 6.49. The van der Waals surface area contributed by atoms with E-state index in [0.717, 1.165) is 5.69 Å². The molecular weight excluding hydrogens is 510 g/mol. The second-order valence-electron chi connectivity index (χ2n) is 8.00. The zero-order valence-electron chi connectivity index (χ0n) is 18.4. The summed E-state index contributed by atoms with van der Waals surface area (Å²) in [6, 6.07) is 11.6. The topological polar surface area (TPSA) is 105 Å². The Bertz CT molecular complexity index is 1370. The van der Waals surface area contributed by atoms with Crippen LogP contribution in [0.4, 0.5) is 11.4 Å². The molecule has 9 nitrogen and oxygen atoms in total. The van der Waals surface area contributed by atoms with Gasteiger partial charge in [0.2, 0.25) is 0 Å². The van der Waals surface area contributed by atoms with Crippen molar-refractivity contribution in [3.05, 3.63) is 88.2 Å². The number of piperazine rings is 1. The van der Waals surface area contributed by atoms with E-state index in [1.807, 2.05) is 17.0 Å². The number of hydrogen-bond acceptors (Lipinski definition) is 8. The lowest BCUT2D eigenvalue weighted by Crippen LogP contribution is -2.49. The van der Waals surface area contributed by atoms with Gasteiger partial charge in [0.05, 0.1) is 34.8 Å². The van der Waals surface area contributed by atoms with E-state index >= 15 is 0 Å². The highest BCUT2D eigenvalue weighted by atomic mass is 35.5. The molecule has 0 radical (unpaired) electrons. The molecule has 182 valence electrons. The molecule has 3 aliphatic heterocycles. The summed E-state index contributed by atoms with van der Waals surface area (Å²) in [5, 5.41) is 10.4. The minimum Gasteiger partial charge on any atom is -0.506 e. The molecule has 2 aromatic rings. The van der Waals surface area contributed by atoms with E-state index in [1.54, 1.807) is 45.9 Å². The molecule has 5 rings (SSSR count). The van der Waals surface area contributed by atoms with Gasteiger partial charge in [-0.15, -0.1) is 0 Å². The van der Waals surface area contributed by atoms with Crippen LogP contribution in [0.15, 0.2) is 77.6 Å². The van der Waals surface area contributed by atoms with Crippen LogP contribution in [-0.2, 0) is 10.0 Å². The molecule has 0 saturated carbocycles. The van der Waals surface area contributed by atoms with Crippen molar-refractivity contribution in [2.75, 3.05) is 35.8 Å². The number of amides is 1. The summed E-state index contributed by atoms with van der Waals surface area (Å²) in [6.45, 7) is 1.91. The number of aromatic hydroxyl groups is 1. The zero-order chi connectivity index (χ0) is 24.6. The summed E-state index contributed by atoms with van der Waals surface area (Å²) in [7, 11) is -4.01. The van der Waals surface area contributed by atoms with Gasteiger partial charge in [0, 0.05) is 43.6 Å². The molecule has 1 amide bonds. The van der Waals surface area contributed by atoms with Crippen LogP contribution in [-0.4, -0.2) is 54.8 Å². The second-order valence-corrected chi connectivity index (χ2v) is 10.9. The lowest BCUT2D eigenvalue weighted by atomic mass is 10.1. The van der Waals surface area contributed by atoms with Crippen molar-refractivity contribution in [3.8, 4) is 5.75 Å². The number of para-hydroxylation sites is 2. The quantitative estimate of drug-likeness (QED) is 0.504. The maximum atomic E-state index is 13.4. The Kier molecular flexibility index (Phi) is 6.30. The Balaban J connectivity index is 1.35. The number of allylic oxidation sites excluding steroid dienone is 2. The number of hydrogen-bond donors (Lipinski definition) is 3. The van der Waals surface area contributed by atoms with Crippen LogP contribution in [0.2, 0.25) is 5.02 Å². The molecule has 1 saturated heterocycles. The number of fused-ring (bicyclic) bond motifs is 1. The second kappa shape index (κ2) is 9.40. The number of phenols is 1. The first-order valence-electron chi connectivity index (χ1n) is 10.8. The lowest BCUT2D eigenvalue weighted by Gasteiger charge is -2.36. The molecule has 0 spiro atoms. The Hall–Kier alpha value is -3.28. The average Bonchev–Trinajstić information content (AvgIpc) is 3.33. The van der Waals surface area contributed by atoms with Crippen LogP contribution in [0.3, 0.4) is 0 Å². The Morgan fingerprint density at radius 3 is 2.66 bits per heavy atom. The van der Waals surface area contributed by atoms with Gasteiger partial charge >= 0.3 is 0 Å². The number of halogens is 1. The highest BCUT2D eigenvalue weighted by molar-refractivity contribution is 7.97. The Morgan fingerprint density at radius 2 is 1.89 bits per heavy atom. The number of sulfonamides is 1. The SMILES string of the molecule is O=C(c1ccc(Cl)cc1NS(=O)(=O)C1=CC=CN2SNC=C12)N1CCN(c2ccccc2O)CC1. The number of anilines is 2. The van der Waals surface area contributed by atoms with Crippen molar-refractivity contribution < 1.29 is 18.3 Å². The Morgan fingerprint density at radius 1 is 1.11 bits per heavy atom. The van der Waals surface area contributed by atoms with Crippen LogP contribution in [0.5, 0.6) is 5.75 Å². The van der Waals surface area contributed by atoms with Crippen molar-refractivity contribution in [1.82, 2.24) is 13.9 Å². The van der Waals surface area contributed by atoms with Gasteiger partial charge in [-0.1, -0.05) is 23.7 Å². The molecule has 2 aromatic carbocycles. The van der Waals surface area contributed by atoms with E-state index in [9.17, 15) is 18.3 Å². The fourth-order valence-electron chi connectivity index (χ4n) is 4.10.